The van der Waals surface area contributed by atoms with Gasteiger partial charge < -0.3 is 10.2 Å². The SMILES string of the molecule is CC(O)C(O)c1cccc(I)c1. The molecule has 2 unspecified atom stereocenters. The van der Waals surface area contributed by atoms with Gasteiger partial charge in [-0.25, -0.2) is 0 Å². The van der Waals surface area contributed by atoms with Crippen LogP contribution in [-0.2, 0) is 0 Å². The Balaban J connectivity index is 2.88. The van der Waals surface area contributed by atoms with Crippen LogP contribution in [0.3, 0.4) is 0 Å². The van der Waals surface area contributed by atoms with Crippen molar-refractivity contribution < 1.29 is 10.2 Å². The Morgan fingerprint density at radius 3 is 2.50 bits per heavy atom. The molecule has 2 atom stereocenters. The summed E-state index contributed by atoms with van der Waals surface area (Å²) >= 11 is 2.17. The lowest BCUT2D eigenvalue weighted by Crippen LogP contribution is -2.13. The first-order valence-corrected chi connectivity index (χ1v) is 4.80. The molecule has 0 aliphatic rings. The van der Waals surface area contributed by atoms with E-state index >= 15 is 0 Å². The average molecular weight is 278 g/mol. The van der Waals surface area contributed by atoms with Gasteiger partial charge in [-0.2, -0.15) is 0 Å². The van der Waals surface area contributed by atoms with Gasteiger partial charge in [-0.3, -0.25) is 0 Å². The van der Waals surface area contributed by atoms with Gasteiger partial charge in [0.05, 0.1) is 6.10 Å². The number of rotatable bonds is 2. The van der Waals surface area contributed by atoms with Gasteiger partial charge in [0, 0.05) is 3.57 Å². The zero-order chi connectivity index (χ0) is 9.14. The first kappa shape index (κ1) is 9.95. The molecular weight excluding hydrogens is 267 g/mol. The van der Waals surface area contributed by atoms with Crippen LogP contribution < -0.4 is 0 Å². The van der Waals surface area contributed by atoms with E-state index in [1.807, 2.05) is 18.2 Å². The Bertz CT molecular complexity index is 260. The minimum absolute atomic E-state index is 0.719. The van der Waals surface area contributed by atoms with Gasteiger partial charge >= 0.3 is 0 Å². The predicted octanol–water partition coefficient (Wildman–Crippen LogP) is 1.71. The Morgan fingerprint density at radius 2 is 2.00 bits per heavy atom. The summed E-state index contributed by atoms with van der Waals surface area (Å²) in [6.07, 6.45) is -1.50. The van der Waals surface area contributed by atoms with Crippen LogP contribution in [0.2, 0.25) is 0 Å². The van der Waals surface area contributed by atoms with Gasteiger partial charge in [0.1, 0.15) is 6.10 Å². The number of halogens is 1. The molecule has 1 aromatic carbocycles. The first-order chi connectivity index (χ1) is 5.61. The molecule has 0 spiro atoms. The molecule has 2 N–H and O–H groups in total. The molecule has 0 aliphatic heterocycles. The third-order valence-corrected chi connectivity index (χ3v) is 2.32. The zero-order valence-electron chi connectivity index (χ0n) is 6.74. The highest BCUT2D eigenvalue weighted by Crippen LogP contribution is 2.18. The molecule has 3 heteroatoms. The third kappa shape index (κ3) is 2.43. The van der Waals surface area contributed by atoms with Gasteiger partial charge in [-0.15, -0.1) is 0 Å². The van der Waals surface area contributed by atoms with Gasteiger partial charge in [0.2, 0.25) is 0 Å². The highest BCUT2D eigenvalue weighted by atomic mass is 127. The predicted molar refractivity (Wildman–Crippen MR) is 55.8 cm³/mol. The molecular formula is C9H11IO2. The van der Waals surface area contributed by atoms with E-state index in [2.05, 4.69) is 22.6 Å². The molecule has 0 bridgehead atoms. The van der Waals surface area contributed by atoms with Crippen molar-refractivity contribution in [2.24, 2.45) is 0 Å². The lowest BCUT2D eigenvalue weighted by Gasteiger charge is -2.13. The number of benzene rings is 1. The second kappa shape index (κ2) is 4.20. The normalized spacial score (nSPS) is 15.7. The lowest BCUT2D eigenvalue weighted by molar-refractivity contribution is 0.0305. The number of aliphatic hydroxyl groups excluding tert-OH is 2. The van der Waals surface area contributed by atoms with Gasteiger partial charge in [-0.05, 0) is 47.2 Å². The van der Waals surface area contributed by atoms with Crippen LogP contribution in [0, 0.1) is 3.57 Å². The van der Waals surface area contributed by atoms with Crippen molar-refractivity contribution in [3.63, 3.8) is 0 Å². The standard InChI is InChI=1S/C9H11IO2/c1-6(11)9(12)7-3-2-4-8(10)5-7/h2-6,9,11-12H,1H3. The van der Waals surface area contributed by atoms with Crippen LogP contribution in [0.1, 0.15) is 18.6 Å². The van der Waals surface area contributed by atoms with Gasteiger partial charge in [-0.1, -0.05) is 12.1 Å². The monoisotopic (exact) mass is 278 g/mol. The molecule has 12 heavy (non-hydrogen) atoms. The van der Waals surface area contributed by atoms with Crippen molar-refractivity contribution in [2.45, 2.75) is 19.1 Å². The summed E-state index contributed by atoms with van der Waals surface area (Å²) in [4.78, 5) is 0. The molecule has 0 aromatic heterocycles. The summed E-state index contributed by atoms with van der Waals surface area (Å²) < 4.78 is 1.06. The largest absolute Gasteiger partial charge is 0.390 e. The summed E-state index contributed by atoms with van der Waals surface area (Å²) in [5, 5.41) is 18.6. The lowest BCUT2D eigenvalue weighted by atomic mass is 10.1. The van der Waals surface area contributed by atoms with E-state index in [0.29, 0.717) is 0 Å². The summed E-state index contributed by atoms with van der Waals surface area (Å²) in [5.41, 5.74) is 0.761. The molecule has 1 aromatic rings. The molecule has 0 saturated heterocycles. The van der Waals surface area contributed by atoms with Crippen molar-refractivity contribution in [3.8, 4) is 0 Å². The highest BCUT2D eigenvalue weighted by Gasteiger charge is 2.12. The van der Waals surface area contributed by atoms with E-state index < -0.39 is 12.2 Å². The number of hydrogen-bond acceptors (Lipinski definition) is 2. The van der Waals surface area contributed by atoms with E-state index in [9.17, 15) is 5.11 Å². The van der Waals surface area contributed by atoms with Crippen LogP contribution in [-0.4, -0.2) is 16.3 Å². The molecule has 0 heterocycles. The Labute approximate surface area is 85.4 Å². The fourth-order valence-corrected chi connectivity index (χ4v) is 1.54. The topological polar surface area (TPSA) is 40.5 Å². The van der Waals surface area contributed by atoms with Crippen molar-refractivity contribution in [1.29, 1.82) is 0 Å². The van der Waals surface area contributed by atoms with E-state index in [4.69, 9.17) is 5.11 Å². The van der Waals surface area contributed by atoms with E-state index in [0.717, 1.165) is 9.13 Å². The second-order valence-electron chi connectivity index (χ2n) is 2.74. The quantitative estimate of drug-likeness (QED) is 0.808. The maximum Gasteiger partial charge on any atom is 0.105 e. The zero-order valence-corrected chi connectivity index (χ0v) is 8.89. The molecule has 1 rings (SSSR count). The molecule has 0 amide bonds. The Hall–Kier alpha value is -0.130. The van der Waals surface area contributed by atoms with Crippen LogP contribution in [0.5, 0.6) is 0 Å². The smallest absolute Gasteiger partial charge is 0.105 e. The Morgan fingerprint density at radius 1 is 1.33 bits per heavy atom. The van der Waals surface area contributed by atoms with Crippen LogP contribution in [0.15, 0.2) is 24.3 Å². The molecule has 66 valence electrons. The van der Waals surface area contributed by atoms with E-state index in [1.165, 1.54) is 0 Å². The second-order valence-corrected chi connectivity index (χ2v) is 3.99. The summed E-state index contributed by atoms with van der Waals surface area (Å²) in [5.74, 6) is 0. The first-order valence-electron chi connectivity index (χ1n) is 3.73. The average Bonchev–Trinajstić information content (AvgIpc) is 2.03. The maximum absolute atomic E-state index is 9.47. The fraction of sp³-hybridized carbons (Fsp3) is 0.333. The van der Waals surface area contributed by atoms with Crippen molar-refractivity contribution in [1.82, 2.24) is 0 Å². The summed E-state index contributed by atoms with van der Waals surface area (Å²) in [6.45, 7) is 1.57. The molecule has 0 saturated carbocycles. The van der Waals surface area contributed by atoms with Crippen LogP contribution in [0.25, 0.3) is 0 Å². The summed E-state index contributed by atoms with van der Waals surface area (Å²) in [6, 6.07) is 7.47. The maximum atomic E-state index is 9.47. The number of hydrogen-bond donors (Lipinski definition) is 2. The van der Waals surface area contributed by atoms with E-state index in [1.54, 1.807) is 13.0 Å². The van der Waals surface area contributed by atoms with Crippen molar-refractivity contribution >= 4 is 22.6 Å². The van der Waals surface area contributed by atoms with Crippen LogP contribution in [0.4, 0.5) is 0 Å². The fourth-order valence-electron chi connectivity index (χ4n) is 0.969. The summed E-state index contributed by atoms with van der Waals surface area (Å²) in [7, 11) is 0. The molecule has 0 aliphatic carbocycles. The third-order valence-electron chi connectivity index (χ3n) is 1.65. The minimum Gasteiger partial charge on any atom is -0.390 e. The molecule has 0 fully saturated rings. The van der Waals surface area contributed by atoms with Gasteiger partial charge in [0.25, 0.3) is 0 Å². The van der Waals surface area contributed by atoms with Crippen molar-refractivity contribution in [3.05, 3.63) is 33.4 Å². The minimum atomic E-state index is -0.778. The Kier molecular flexibility index (Phi) is 3.49. The molecule has 2 nitrogen and oxygen atoms in total. The van der Waals surface area contributed by atoms with E-state index in [-0.39, 0.29) is 0 Å². The van der Waals surface area contributed by atoms with Crippen LogP contribution >= 0.6 is 22.6 Å². The van der Waals surface area contributed by atoms with Gasteiger partial charge in [0.15, 0.2) is 0 Å². The number of aliphatic hydroxyl groups is 2. The highest BCUT2D eigenvalue weighted by molar-refractivity contribution is 14.1. The van der Waals surface area contributed by atoms with Crippen molar-refractivity contribution in [2.75, 3.05) is 0 Å². The molecule has 0 radical (unpaired) electrons.